The molecule has 1 aliphatic rings. The molecule has 5 nitrogen and oxygen atoms in total. The first-order valence-electron chi connectivity index (χ1n) is 7.20. The lowest BCUT2D eigenvalue weighted by Gasteiger charge is -2.15. The zero-order valence-corrected chi connectivity index (χ0v) is 14.1. The molecule has 0 atom stereocenters. The van der Waals surface area contributed by atoms with Gasteiger partial charge in [0.2, 0.25) is 0 Å². The molecular weight excluding hydrogens is 328 g/mol. The number of rotatable bonds is 3. The Morgan fingerprint density at radius 2 is 2.26 bits per heavy atom. The maximum Gasteiger partial charge on any atom is 0.259 e. The number of carbonyl (C=O) groups excluding carboxylic acids is 1. The molecule has 7 heteroatoms. The highest BCUT2D eigenvalue weighted by molar-refractivity contribution is 8.01. The van der Waals surface area contributed by atoms with Gasteiger partial charge in [-0.25, -0.2) is 4.98 Å². The summed E-state index contributed by atoms with van der Waals surface area (Å²) in [4.78, 5) is 16.9. The Balaban J connectivity index is 1.91. The number of aromatic nitrogens is 3. The SMILES string of the molecule is Cn1ncc2c1-c1c(Sc3ccccn3)sc(C(N)=O)c1CC2. The molecule has 0 radical (unpaired) electrons. The molecular formula is C16H14N4OS2. The van der Waals surface area contributed by atoms with E-state index >= 15 is 0 Å². The third-order valence-electron chi connectivity index (χ3n) is 3.93. The van der Waals surface area contributed by atoms with Crippen molar-refractivity contribution in [1.29, 1.82) is 0 Å². The van der Waals surface area contributed by atoms with E-state index in [1.54, 1.807) is 18.0 Å². The van der Waals surface area contributed by atoms with E-state index in [2.05, 4.69) is 10.1 Å². The van der Waals surface area contributed by atoms with E-state index in [1.165, 1.54) is 16.9 Å². The van der Waals surface area contributed by atoms with Crippen molar-refractivity contribution in [2.24, 2.45) is 12.8 Å². The molecule has 4 rings (SSSR count). The summed E-state index contributed by atoms with van der Waals surface area (Å²) in [5, 5.41) is 5.28. The minimum atomic E-state index is -0.357. The second-order valence-electron chi connectivity index (χ2n) is 5.35. The average Bonchev–Trinajstić information content (AvgIpc) is 3.10. The second kappa shape index (κ2) is 5.50. The summed E-state index contributed by atoms with van der Waals surface area (Å²) >= 11 is 3.04. The van der Waals surface area contributed by atoms with Gasteiger partial charge in [-0.2, -0.15) is 5.10 Å². The molecule has 116 valence electrons. The van der Waals surface area contributed by atoms with E-state index in [9.17, 15) is 4.79 Å². The lowest BCUT2D eigenvalue weighted by atomic mass is 9.92. The molecule has 1 aliphatic carbocycles. The van der Waals surface area contributed by atoms with Crippen molar-refractivity contribution in [2.45, 2.75) is 22.1 Å². The zero-order valence-electron chi connectivity index (χ0n) is 12.4. The van der Waals surface area contributed by atoms with Crippen molar-refractivity contribution in [3.63, 3.8) is 0 Å². The van der Waals surface area contributed by atoms with Crippen molar-refractivity contribution in [3.8, 4) is 11.3 Å². The number of fused-ring (bicyclic) bond motifs is 3. The van der Waals surface area contributed by atoms with Crippen LogP contribution in [0.25, 0.3) is 11.3 Å². The Morgan fingerprint density at radius 3 is 3.00 bits per heavy atom. The Labute approximate surface area is 141 Å². The third-order valence-corrected chi connectivity index (χ3v) is 6.31. The summed E-state index contributed by atoms with van der Waals surface area (Å²) in [6, 6.07) is 5.82. The minimum absolute atomic E-state index is 0.357. The minimum Gasteiger partial charge on any atom is -0.365 e. The fraction of sp³-hybridized carbons (Fsp3) is 0.188. The van der Waals surface area contributed by atoms with Gasteiger partial charge in [0.25, 0.3) is 5.91 Å². The van der Waals surface area contributed by atoms with Crippen LogP contribution in [0.15, 0.2) is 39.8 Å². The molecule has 0 fully saturated rings. The number of carbonyl (C=O) groups is 1. The highest BCUT2D eigenvalue weighted by atomic mass is 32.2. The van der Waals surface area contributed by atoms with Gasteiger partial charge in [0, 0.05) is 18.8 Å². The lowest BCUT2D eigenvalue weighted by molar-refractivity contribution is 0.100. The quantitative estimate of drug-likeness (QED) is 0.794. The smallest absolute Gasteiger partial charge is 0.259 e. The maximum absolute atomic E-state index is 11.9. The largest absolute Gasteiger partial charge is 0.365 e. The van der Waals surface area contributed by atoms with E-state index in [4.69, 9.17) is 5.73 Å². The molecule has 23 heavy (non-hydrogen) atoms. The van der Waals surface area contributed by atoms with Crippen molar-refractivity contribution in [1.82, 2.24) is 14.8 Å². The molecule has 0 spiro atoms. The van der Waals surface area contributed by atoms with Crippen LogP contribution >= 0.6 is 23.1 Å². The normalized spacial score (nSPS) is 12.7. The molecule has 0 aromatic carbocycles. The number of primary amides is 1. The van der Waals surface area contributed by atoms with Crippen LogP contribution in [0.4, 0.5) is 0 Å². The highest BCUT2D eigenvalue weighted by Gasteiger charge is 2.30. The van der Waals surface area contributed by atoms with Crippen molar-refractivity contribution >= 4 is 29.0 Å². The Bertz CT molecular complexity index is 898. The van der Waals surface area contributed by atoms with E-state index in [0.29, 0.717) is 4.88 Å². The van der Waals surface area contributed by atoms with Crippen LogP contribution in [-0.2, 0) is 19.9 Å². The van der Waals surface area contributed by atoms with Gasteiger partial charge in [-0.05, 0) is 36.1 Å². The van der Waals surface area contributed by atoms with Gasteiger partial charge >= 0.3 is 0 Å². The topological polar surface area (TPSA) is 73.8 Å². The Morgan fingerprint density at radius 1 is 1.39 bits per heavy atom. The van der Waals surface area contributed by atoms with Gasteiger partial charge in [-0.15, -0.1) is 11.3 Å². The van der Waals surface area contributed by atoms with E-state index < -0.39 is 0 Å². The van der Waals surface area contributed by atoms with Crippen LogP contribution in [0.3, 0.4) is 0 Å². The van der Waals surface area contributed by atoms with Crippen LogP contribution in [0.2, 0.25) is 0 Å². The first-order chi connectivity index (χ1) is 11.1. The third kappa shape index (κ3) is 2.36. The standard InChI is InChI=1S/C16H14N4OS2/c1-20-13-9(8-19-20)5-6-10-12(13)16(23-14(10)15(17)21)22-11-4-2-3-7-18-11/h2-4,7-8H,5-6H2,1H3,(H2,17,21). The zero-order chi connectivity index (χ0) is 16.0. The number of thiophene rings is 1. The van der Waals surface area contributed by atoms with Crippen LogP contribution in [0.1, 0.15) is 20.8 Å². The predicted octanol–water partition coefficient (Wildman–Crippen LogP) is 2.89. The Hall–Kier alpha value is -2.12. The summed E-state index contributed by atoms with van der Waals surface area (Å²) in [7, 11) is 1.94. The summed E-state index contributed by atoms with van der Waals surface area (Å²) in [6.45, 7) is 0. The number of nitrogens with zero attached hydrogens (tertiary/aromatic N) is 3. The van der Waals surface area contributed by atoms with Crippen molar-refractivity contribution < 1.29 is 4.79 Å². The van der Waals surface area contributed by atoms with Crippen molar-refractivity contribution in [3.05, 3.63) is 46.6 Å². The summed E-state index contributed by atoms with van der Waals surface area (Å²) < 4.78 is 2.94. The molecule has 3 heterocycles. The van der Waals surface area contributed by atoms with Gasteiger partial charge < -0.3 is 5.73 Å². The molecule has 0 aliphatic heterocycles. The van der Waals surface area contributed by atoms with Gasteiger partial charge in [0.05, 0.1) is 21.0 Å². The van der Waals surface area contributed by atoms with Crippen LogP contribution in [0, 0.1) is 0 Å². The van der Waals surface area contributed by atoms with Gasteiger partial charge in [-0.3, -0.25) is 9.48 Å². The maximum atomic E-state index is 11.9. The fourth-order valence-electron chi connectivity index (χ4n) is 2.94. The number of pyridine rings is 1. The van der Waals surface area contributed by atoms with Gasteiger partial charge in [0.15, 0.2) is 0 Å². The van der Waals surface area contributed by atoms with Crippen molar-refractivity contribution in [2.75, 3.05) is 0 Å². The van der Waals surface area contributed by atoms with Gasteiger partial charge in [0.1, 0.15) is 5.03 Å². The number of nitrogens with two attached hydrogens (primary N) is 1. The summed E-state index contributed by atoms with van der Waals surface area (Å²) in [5.41, 5.74) is 10.1. The predicted molar refractivity (Wildman–Crippen MR) is 90.8 cm³/mol. The molecule has 3 aromatic rings. The fourth-order valence-corrected chi connectivity index (χ4v) is 5.32. The number of amides is 1. The lowest BCUT2D eigenvalue weighted by Crippen LogP contribution is -2.13. The first-order valence-corrected chi connectivity index (χ1v) is 8.84. The van der Waals surface area contributed by atoms with E-state index in [-0.39, 0.29) is 5.91 Å². The molecule has 0 bridgehead atoms. The first kappa shape index (κ1) is 14.5. The summed E-state index contributed by atoms with van der Waals surface area (Å²) in [6.07, 6.45) is 5.40. The molecule has 2 N–H and O–H groups in total. The molecule has 0 saturated carbocycles. The molecule has 3 aromatic heterocycles. The van der Waals surface area contributed by atoms with Crippen LogP contribution in [-0.4, -0.2) is 20.7 Å². The van der Waals surface area contributed by atoms with Gasteiger partial charge in [-0.1, -0.05) is 17.8 Å². The van der Waals surface area contributed by atoms with Crippen LogP contribution in [0.5, 0.6) is 0 Å². The van der Waals surface area contributed by atoms with Crippen LogP contribution < -0.4 is 5.73 Å². The molecule has 1 amide bonds. The van der Waals surface area contributed by atoms with E-state index in [1.807, 2.05) is 36.1 Å². The average molecular weight is 342 g/mol. The monoisotopic (exact) mass is 342 g/mol. The molecule has 0 saturated heterocycles. The second-order valence-corrected chi connectivity index (χ2v) is 7.66. The highest BCUT2D eigenvalue weighted by Crippen LogP contribution is 2.48. The van der Waals surface area contributed by atoms with E-state index in [0.717, 1.165) is 38.9 Å². The number of aryl methyl sites for hydroxylation is 2. The number of hydrogen-bond acceptors (Lipinski definition) is 5. The Kier molecular flexibility index (Phi) is 3.46. The molecule has 0 unspecified atom stereocenters. The summed E-state index contributed by atoms with van der Waals surface area (Å²) in [5.74, 6) is -0.357. The number of hydrogen-bond donors (Lipinski definition) is 1.